The lowest BCUT2D eigenvalue weighted by Crippen LogP contribution is -2.44. The highest BCUT2D eigenvalue weighted by Gasteiger charge is 2.35. The summed E-state index contributed by atoms with van der Waals surface area (Å²) in [6, 6.07) is 7.63. The minimum absolute atomic E-state index is 0.0139. The Hall–Kier alpha value is -2.04. The Morgan fingerprint density at radius 3 is 2.68 bits per heavy atom. The number of amides is 2. The molecular formula is C17H24N2O3. The van der Waals surface area contributed by atoms with Gasteiger partial charge in [0.05, 0.1) is 13.0 Å². The Kier molecular flexibility index (Phi) is 4.74. The summed E-state index contributed by atoms with van der Waals surface area (Å²) in [6.45, 7) is 6.75. The molecule has 1 unspecified atom stereocenters. The number of carbonyl (C=O) groups excluding carboxylic acids is 2. The van der Waals surface area contributed by atoms with Gasteiger partial charge in [0.2, 0.25) is 11.8 Å². The molecule has 1 heterocycles. The van der Waals surface area contributed by atoms with Gasteiger partial charge in [-0.3, -0.25) is 9.59 Å². The average molecular weight is 304 g/mol. The van der Waals surface area contributed by atoms with Crippen LogP contribution in [-0.2, 0) is 16.1 Å². The van der Waals surface area contributed by atoms with Crippen LogP contribution in [0.4, 0.5) is 0 Å². The maximum Gasteiger partial charge on any atom is 0.225 e. The van der Waals surface area contributed by atoms with Crippen molar-refractivity contribution in [3.8, 4) is 5.75 Å². The maximum atomic E-state index is 12.2. The van der Waals surface area contributed by atoms with Crippen molar-refractivity contribution in [3.05, 3.63) is 29.8 Å². The largest absolute Gasteiger partial charge is 0.496 e. The molecule has 1 atom stereocenters. The molecule has 2 amide bonds. The molecule has 2 rings (SSSR count). The van der Waals surface area contributed by atoms with Gasteiger partial charge in [-0.2, -0.15) is 0 Å². The number of carbonyl (C=O) groups is 2. The standard InChI is InChI=1S/C17H24N2O3/c1-17(2,3)18-16(21)13-9-15(20)19(11-13)10-12-7-5-6-8-14(12)22-4/h5-8,13H,9-11H2,1-4H3,(H,18,21). The number of nitrogens with one attached hydrogen (secondary N) is 1. The van der Waals surface area contributed by atoms with Gasteiger partial charge in [-0.1, -0.05) is 18.2 Å². The molecule has 1 saturated heterocycles. The highest BCUT2D eigenvalue weighted by molar-refractivity contribution is 5.89. The Bertz CT molecular complexity index is 563. The van der Waals surface area contributed by atoms with E-state index in [4.69, 9.17) is 4.74 Å². The second-order valence-corrected chi connectivity index (χ2v) is 6.73. The average Bonchev–Trinajstić information content (AvgIpc) is 2.79. The summed E-state index contributed by atoms with van der Waals surface area (Å²) >= 11 is 0. The van der Waals surface area contributed by atoms with Gasteiger partial charge in [0.1, 0.15) is 5.75 Å². The van der Waals surface area contributed by atoms with Crippen molar-refractivity contribution in [1.82, 2.24) is 10.2 Å². The number of ether oxygens (including phenoxy) is 1. The Morgan fingerprint density at radius 2 is 2.05 bits per heavy atom. The van der Waals surface area contributed by atoms with Crippen LogP contribution in [0.5, 0.6) is 5.75 Å². The SMILES string of the molecule is COc1ccccc1CN1CC(C(=O)NC(C)(C)C)CC1=O. The first-order valence-electron chi connectivity index (χ1n) is 7.52. The summed E-state index contributed by atoms with van der Waals surface area (Å²) in [4.78, 5) is 26.1. The van der Waals surface area contributed by atoms with Crippen molar-refractivity contribution in [1.29, 1.82) is 0 Å². The van der Waals surface area contributed by atoms with Crippen LogP contribution in [0, 0.1) is 5.92 Å². The van der Waals surface area contributed by atoms with E-state index in [0.29, 0.717) is 13.1 Å². The molecule has 0 radical (unpaired) electrons. The van der Waals surface area contributed by atoms with Gasteiger partial charge in [0.15, 0.2) is 0 Å². The molecule has 0 saturated carbocycles. The van der Waals surface area contributed by atoms with Crippen LogP contribution in [0.2, 0.25) is 0 Å². The van der Waals surface area contributed by atoms with E-state index in [9.17, 15) is 9.59 Å². The highest BCUT2D eigenvalue weighted by atomic mass is 16.5. The van der Waals surface area contributed by atoms with Gasteiger partial charge in [-0.05, 0) is 26.8 Å². The van der Waals surface area contributed by atoms with Crippen LogP contribution in [-0.4, -0.2) is 35.9 Å². The quantitative estimate of drug-likeness (QED) is 0.925. The summed E-state index contributed by atoms with van der Waals surface area (Å²) in [7, 11) is 1.62. The number of hydrogen-bond acceptors (Lipinski definition) is 3. The fraction of sp³-hybridized carbons (Fsp3) is 0.529. The Balaban J connectivity index is 2.02. The molecule has 0 spiro atoms. The van der Waals surface area contributed by atoms with E-state index < -0.39 is 0 Å². The Labute approximate surface area is 131 Å². The van der Waals surface area contributed by atoms with E-state index in [2.05, 4.69) is 5.32 Å². The third-order valence-corrected chi connectivity index (χ3v) is 3.64. The summed E-state index contributed by atoms with van der Waals surface area (Å²) in [5, 5.41) is 2.95. The van der Waals surface area contributed by atoms with Crippen LogP contribution < -0.4 is 10.1 Å². The molecule has 5 heteroatoms. The van der Waals surface area contributed by atoms with Gasteiger partial charge in [0.25, 0.3) is 0 Å². The van der Waals surface area contributed by atoms with Gasteiger partial charge in [0, 0.05) is 30.6 Å². The van der Waals surface area contributed by atoms with Gasteiger partial charge in [-0.15, -0.1) is 0 Å². The minimum atomic E-state index is -0.282. The predicted octanol–water partition coefficient (Wildman–Crippen LogP) is 1.96. The van der Waals surface area contributed by atoms with E-state index in [1.165, 1.54) is 0 Å². The molecule has 1 aromatic rings. The third kappa shape index (κ3) is 4.00. The normalized spacial score (nSPS) is 18.5. The van der Waals surface area contributed by atoms with Crippen LogP contribution in [0.15, 0.2) is 24.3 Å². The molecular weight excluding hydrogens is 280 g/mol. The molecule has 0 aliphatic carbocycles. The van der Waals surface area contributed by atoms with Gasteiger partial charge >= 0.3 is 0 Å². The summed E-state index contributed by atoms with van der Waals surface area (Å²) in [5.41, 5.74) is 0.672. The fourth-order valence-corrected chi connectivity index (χ4v) is 2.61. The third-order valence-electron chi connectivity index (χ3n) is 3.64. The van der Waals surface area contributed by atoms with Gasteiger partial charge in [-0.25, -0.2) is 0 Å². The second kappa shape index (κ2) is 6.38. The fourth-order valence-electron chi connectivity index (χ4n) is 2.61. The molecule has 1 N–H and O–H groups in total. The molecule has 0 bridgehead atoms. The van der Waals surface area contributed by atoms with Crippen LogP contribution >= 0.6 is 0 Å². The molecule has 5 nitrogen and oxygen atoms in total. The zero-order valence-electron chi connectivity index (χ0n) is 13.7. The van der Waals surface area contributed by atoms with Crippen molar-refractivity contribution in [2.75, 3.05) is 13.7 Å². The van der Waals surface area contributed by atoms with Crippen LogP contribution in [0.3, 0.4) is 0 Å². The zero-order valence-corrected chi connectivity index (χ0v) is 13.7. The molecule has 22 heavy (non-hydrogen) atoms. The van der Waals surface area contributed by atoms with Crippen molar-refractivity contribution in [2.24, 2.45) is 5.92 Å². The lowest BCUT2D eigenvalue weighted by Gasteiger charge is -2.23. The van der Waals surface area contributed by atoms with Crippen molar-refractivity contribution in [3.63, 3.8) is 0 Å². The number of hydrogen-bond donors (Lipinski definition) is 1. The predicted molar refractivity (Wildman–Crippen MR) is 84.4 cm³/mol. The van der Waals surface area contributed by atoms with E-state index in [0.717, 1.165) is 11.3 Å². The van der Waals surface area contributed by atoms with Crippen molar-refractivity contribution in [2.45, 2.75) is 39.3 Å². The number of rotatable bonds is 4. The maximum absolute atomic E-state index is 12.2. The summed E-state index contributed by atoms with van der Waals surface area (Å²) < 4.78 is 5.31. The first-order valence-corrected chi connectivity index (χ1v) is 7.52. The topological polar surface area (TPSA) is 58.6 Å². The van der Waals surface area contributed by atoms with Crippen LogP contribution in [0.1, 0.15) is 32.8 Å². The molecule has 1 aliphatic rings. The lowest BCUT2D eigenvalue weighted by atomic mass is 10.0. The second-order valence-electron chi connectivity index (χ2n) is 6.73. The number of nitrogens with zero attached hydrogens (tertiary/aromatic N) is 1. The minimum Gasteiger partial charge on any atom is -0.496 e. The zero-order chi connectivity index (χ0) is 16.3. The van der Waals surface area contributed by atoms with E-state index in [1.54, 1.807) is 12.0 Å². The number of methoxy groups -OCH3 is 1. The summed E-state index contributed by atoms with van der Waals surface area (Å²) in [6.07, 6.45) is 0.275. The van der Waals surface area contributed by atoms with E-state index >= 15 is 0 Å². The van der Waals surface area contributed by atoms with Crippen LogP contribution in [0.25, 0.3) is 0 Å². The van der Waals surface area contributed by atoms with E-state index in [-0.39, 0.29) is 29.7 Å². The lowest BCUT2D eigenvalue weighted by molar-refractivity contribution is -0.129. The Morgan fingerprint density at radius 1 is 1.36 bits per heavy atom. The number of para-hydroxylation sites is 1. The number of benzene rings is 1. The molecule has 1 aromatic carbocycles. The first kappa shape index (κ1) is 16.3. The molecule has 120 valence electrons. The first-order chi connectivity index (χ1) is 10.3. The van der Waals surface area contributed by atoms with Gasteiger partial charge < -0.3 is 15.0 Å². The monoisotopic (exact) mass is 304 g/mol. The van der Waals surface area contributed by atoms with Crippen molar-refractivity contribution >= 4 is 11.8 Å². The highest BCUT2D eigenvalue weighted by Crippen LogP contribution is 2.25. The molecule has 1 aliphatic heterocycles. The van der Waals surface area contributed by atoms with E-state index in [1.807, 2.05) is 45.0 Å². The smallest absolute Gasteiger partial charge is 0.225 e. The number of likely N-dealkylation sites (tertiary alicyclic amines) is 1. The molecule has 0 aromatic heterocycles. The molecule has 1 fully saturated rings. The van der Waals surface area contributed by atoms with Crippen molar-refractivity contribution < 1.29 is 14.3 Å². The summed E-state index contributed by atoms with van der Waals surface area (Å²) in [5.74, 6) is 0.447.